The van der Waals surface area contributed by atoms with E-state index in [9.17, 15) is 0 Å². The molecule has 0 radical (unpaired) electrons. The zero-order chi connectivity index (χ0) is 79.9. The van der Waals surface area contributed by atoms with Gasteiger partial charge in [-0.05, 0) is 211 Å². The van der Waals surface area contributed by atoms with Gasteiger partial charge in [-0.2, -0.15) is 133 Å². The van der Waals surface area contributed by atoms with Crippen molar-refractivity contribution in [3.63, 3.8) is 0 Å². The van der Waals surface area contributed by atoms with E-state index in [1.54, 1.807) is 138 Å². The molecular weight excluding hydrogens is 2430 g/mol. The van der Waals surface area contributed by atoms with Crippen molar-refractivity contribution >= 4 is 186 Å². The van der Waals surface area contributed by atoms with E-state index < -0.39 is 0 Å². The summed E-state index contributed by atoms with van der Waals surface area (Å²) >= 11 is 13.6. The maximum Gasteiger partial charge on any atom is 2.00 e. The number of aryl methyl sites for hydroxylation is 8. The van der Waals surface area contributed by atoms with E-state index in [1.165, 1.54) is 21.9 Å². The molecule has 24 heterocycles. The Hall–Kier alpha value is -8.87. The molecule has 24 nitrogen and oxygen atoms in total. The summed E-state index contributed by atoms with van der Waals surface area (Å²) in [4.78, 5) is 50.5. The molecule has 0 spiro atoms. The predicted octanol–water partition coefficient (Wildman–Crippen LogP) is 6.66. The minimum absolute atomic E-state index is 0. The van der Waals surface area contributed by atoms with Gasteiger partial charge in [0.2, 0.25) is 0 Å². The van der Waals surface area contributed by atoms with E-state index in [0.29, 0.717) is 0 Å². The minimum Gasteiger partial charge on any atom is -0.375 e. The Bertz CT molecular complexity index is 6650. The van der Waals surface area contributed by atoms with E-state index in [4.69, 9.17) is 60.3 Å². The minimum atomic E-state index is -0.281. The fourth-order valence-corrected chi connectivity index (χ4v) is 27.4. The molecule has 18 aromatic rings. The molecule has 0 fully saturated rings. The Morgan fingerprint density at radius 3 is 0.565 bits per heavy atom. The van der Waals surface area contributed by atoms with Gasteiger partial charge in [0.15, 0.2) is 26.9 Å². The zero-order valence-electron chi connectivity index (χ0n) is 65.4. The summed E-state index contributed by atoms with van der Waals surface area (Å²) in [7, 11) is 0. The molecule has 124 heavy (non-hydrogen) atoms. The van der Waals surface area contributed by atoms with E-state index >= 15 is 0 Å². The molecule has 0 atom stereocenters. The second-order valence-corrected chi connectivity index (χ2v) is 37.9. The quantitative estimate of drug-likeness (QED) is 0.114. The van der Waals surface area contributed by atoms with Crippen LogP contribution in [0.25, 0.3) is 45.5 Å². The van der Waals surface area contributed by atoms with Gasteiger partial charge in [-0.25, -0.2) is 0 Å². The van der Waals surface area contributed by atoms with Crippen LogP contribution in [-0.2, 0) is 84.3 Å². The van der Waals surface area contributed by atoms with Crippen molar-refractivity contribution in [3.05, 3.63) is 242 Å². The molecular formula is C84H48B4N24Pt4S8. The van der Waals surface area contributed by atoms with Crippen LogP contribution in [0.2, 0.25) is 0 Å². The van der Waals surface area contributed by atoms with Gasteiger partial charge in [0.1, 0.15) is 0 Å². The molecule has 0 unspecified atom stereocenters. The zero-order valence-corrected chi connectivity index (χ0v) is 81.1. The molecule has 0 bridgehead atoms. The summed E-state index contributed by atoms with van der Waals surface area (Å²) < 4.78 is 14.9. The molecule has 0 amide bonds. The number of nitrogens with zero attached hydrogens (tertiary/aromatic N) is 24. The van der Waals surface area contributed by atoms with Crippen molar-refractivity contribution in [2.45, 2.75) is 135 Å². The van der Waals surface area contributed by atoms with Crippen LogP contribution in [0.3, 0.4) is 0 Å². The van der Waals surface area contributed by atoms with Gasteiger partial charge in [-0.1, -0.05) is 49.6 Å². The van der Waals surface area contributed by atoms with Crippen molar-refractivity contribution in [3.8, 4) is 45.5 Å². The molecule has 16 aromatic heterocycles. The average molecular weight is 2470 g/mol. The Balaban J connectivity index is 0.000000148. The molecule has 0 saturated carbocycles. The van der Waals surface area contributed by atoms with Gasteiger partial charge in [-0.15, -0.1) is 94.1 Å². The summed E-state index contributed by atoms with van der Waals surface area (Å²) in [6.45, 7) is 15.2. The first kappa shape index (κ1) is 82.1. The van der Waals surface area contributed by atoms with Gasteiger partial charge >= 0.3 is 84.3 Å². The maximum atomic E-state index is 5.22. The van der Waals surface area contributed by atoms with Crippen molar-refractivity contribution in [2.75, 3.05) is 0 Å². The molecule has 0 N–H and O–H groups in total. The third kappa shape index (κ3) is 13.0. The van der Waals surface area contributed by atoms with Gasteiger partial charge in [0, 0.05) is 112 Å². The molecule has 604 valence electrons. The summed E-state index contributed by atoms with van der Waals surface area (Å²) in [5.41, 5.74) is 26.6. The molecule has 8 aliphatic heterocycles. The SMILES string of the molecule is Cc1cc(C)n(-c2[c-]c3c(nc2)Sc2c4c5c(c6c2B3c2[c-]c(-n3nc(C)cc3C)cnc2S6)Sc2ncc(-n3nc(C)cc3C)[c-]c2B5c2[c-]c(-n3nc(C)cc3C)cnc2S4)n1.[Pt+2].[Pt+2].[Pt+2].[Pt+2].[c-]1c(-n2cccn2)cnc2c1B1c3[c-]c(-n4cccn4)cnc3Sc3c4c5c(c(c31)S2)Sc1ncc(-n2cccn2)[c-]c1B5c1[c-]c(-n2cccn2)cnc1S4. The number of pyridine rings is 8. The normalized spacial score (nSPS) is 13.5. The molecule has 8 aliphatic rings. The smallest absolute Gasteiger partial charge is 0.375 e. The Morgan fingerprint density at radius 2 is 0.411 bits per heavy atom. The predicted molar refractivity (Wildman–Crippen MR) is 464 cm³/mol. The molecule has 0 aliphatic carbocycles. The van der Waals surface area contributed by atoms with Crippen LogP contribution in [0.5, 0.6) is 0 Å². The molecule has 26 rings (SSSR count). The average Bonchev–Trinajstić information content (AvgIpc) is 1.59. The van der Waals surface area contributed by atoms with E-state index in [0.717, 1.165) is 214 Å². The summed E-state index contributed by atoms with van der Waals surface area (Å²) in [6.07, 6.45) is 29.7. The number of rotatable bonds is 8. The van der Waals surface area contributed by atoms with Gasteiger partial charge in [-0.3, -0.25) is 37.5 Å². The first-order chi connectivity index (χ1) is 58.7. The van der Waals surface area contributed by atoms with Crippen molar-refractivity contribution in [1.82, 2.24) is 118 Å². The number of hydrogen-bond donors (Lipinski definition) is 0. The van der Waals surface area contributed by atoms with Crippen LogP contribution in [0.1, 0.15) is 45.6 Å². The number of benzene rings is 2. The number of aromatic nitrogens is 24. The van der Waals surface area contributed by atoms with Crippen molar-refractivity contribution in [2.24, 2.45) is 0 Å². The first-order valence-corrected chi connectivity index (χ1v) is 44.6. The Labute approximate surface area is 802 Å². The van der Waals surface area contributed by atoms with Crippen LogP contribution in [0, 0.1) is 104 Å². The fourth-order valence-electron chi connectivity index (χ4n) is 17.3. The van der Waals surface area contributed by atoms with Crippen LogP contribution in [0.4, 0.5) is 0 Å². The van der Waals surface area contributed by atoms with Gasteiger partial charge in [0.25, 0.3) is 0 Å². The summed E-state index contributed by atoms with van der Waals surface area (Å²) in [5.74, 6) is 0. The third-order valence-corrected chi connectivity index (χ3v) is 31.9. The fraction of sp³-hybridized carbons (Fsp3) is 0.0952. The first-order valence-electron chi connectivity index (χ1n) is 38.1. The second-order valence-electron chi connectivity index (χ2n) is 29.9. The number of fused-ring (bicyclic) bond motifs is 20. The molecule has 40 heteroatoms. The van der Waals surface area contributed by atoms with Crippen LogP contribution >= 0.6 is 94.1 Å². The largest absolute Gasteiger partial charge is 2.00 e. The standard InChI is InChI=1S/C46H32B2N12S4.C38H16B2N12S4.4Pt/c1-21-9-25(5)57(53-21)29-13-33-43(49-17-29)61-39-37-40(62-44-34(47(33)37)14-30(18-50-44)58-26(6)10-22(2)54-58)42-38-41(39)63-45-35(15-31(19-51-45)59-27(7)11-23(3)55-59)48(38)36-16-32(20-52-46(36)64-42)60-28(8)12-24(4)56-60;1-5-45-49(9-1)21-13-25-35(41-17-21)53-31-29-32(54-36-26(39(25)29)14-22(18-42-36)50-10-2-6-46-50)34-30-33(31)55-37-27(15-23(19-43-37)51-11-3-7-47-51)40(30)28-16-24(20-44-38(28)56-34)52-12-4-8-48-52;;;;/h9-12,17-20H,1-8H3;1-12,17-20H;;;;/q2*-4;4*+2. The van der Waals surface area contributed by atoms with Crippen LogP contribution in [-0.4, -0.2) is 145 Å². The van der Waals surface area contributed by atoms with Gasteiger partial charge < -0.3 is 39.9 Å². The van der Waals surface area contributed by atoms with Crippen LogP contribution < -0.4 is 65.6 Å². The Morgan fingerprint density at radius 1 is 0.242 bits per heavy atom. The monoisotopic (exact) mass is 2470 g/mol. The van der Waals surface area contributed by atoms with E-state index in [2.05, 4.69) is 121 Å². The molecule has 0 saturated heterocycles. The van der Waals surface area contributed by atoms with Gasteiger partial charge in [0.05, 0.1) is 22.8 Å². The molecule has 2 aromatic carbocycles. The van der Waals surface area contributed by atoms with Crippen molar-refractivity contribution < 1.29 is 84.3 Å². The number of hydrogen-bond acceptors (Lipinski definition) is 24. The third-order valence-electron chi connectivity index (χ3n) is 22.2. The Kier molecular flexibility index (Phi) is 20.9. The summed E-state index contributed by atoms with van der Waals surface area (Å²) in [5, 5.41) is 44.5. The van der Waals surface area contributed by atoms with Crippen molar-refractivity contribution in [1.29, 1.82) is 0 Å². The topological polar surface area (TPSA) is 246 Å². The van der Waals surface area contributed by atoms with E-state index in [-0.39, 0.29) is 111 Å². The van der Waals surface area contributed by atoms with E-state index in [1.807, 2.05) is 145 Å². The second kappa shape index (κ2) is 31.6. The van der Waals surface area contributed by atoms with Crippen LogP contribution in [0.15, 0.2) is 227 Å². The summed E-state index contributed by atoms with van der Waals surface area (Å²) in [6, 6.07) is 46.3. The maximum absolute atomic E-state index is 5.22.